The van der Waals surface area contributed by atoms with Crippen LogP contribution in [0.25, 0.3) is 0 Å². The first kappa shape index (κ1) is 7.56. The fraction of sp³-hybridized carbons (Fsp3) is 1.00. The quantitative estimate of drug-likeness (QED) is 0.652. The zero-order chi connectivity index (χ0) is 7.68. The first-order chi connectivity index (χ1) is 5.36. The van der Waals surface area contributed by atoms with Crippen LogP contribution in [-0.4, -0.2) is 30.6 Å². The van der Waals surface area contributed by atoms with Gasteiger partial charge in [0, 0.05) is 6.04 Å². The smallest absolute Gasteiger partial charge is 0.00714 e. The molecule has 2 heteroatoms. The molecule has 1 saturated heterocycles. The Morgan fingerprint density at radius 1 is 1.27 bits per heavy atom. The van der Waals surface area contributed by atoms with Gasteiger partial charge in [0.25, 0.3) is 0 Å². The Labute approximate surface area is 68.7 Å². The molecule has 2 unspecified atom stereocenters. The molecule has 11 heavy (non-hydrogen) atoms. The highest BCUT2D eigenvalue weighted by Gasteiger charge is 2.33. The van der Waals surface area contributed by atoms with Crippen molar-refractivity contribution in [1.29, 1.82) is 0 Å². The zero-order valence-electron chi connectivity index (χ0n) is 7.13. The molecule has 2 nitrogen and oxygen atoms in total. The fourth-order valence-electron chi connectivity index (χ4n) is 1.96. The molecule has 2 fully saturated rings. The van der Waals surface area contributed by atoms with E-state index in [1.165, 1.54) is 45.3 Å². The highest BCUT2D eigenvalue weighted by molar-refractivity contribution is 4.90. The minimum atomic E-state index is 0.553. The van der Waals surface area contributed by atoms with E-state index in [9.17, 15) is 0 Å². The van der Waals surface area contributed by atoms with Crippen molar-refractivity contribution in [2.75, 3.05) is 19.6 Å². The normalized spacial score (nSPS) is 37.9. The molecule has 1 aliphatic heterocycles. The molecule has 0 aromatic rings. The van der Waals surface area contributed by atoms with Crippen molar-refractivity contribution < 1.29 is 0 Å². The highest BCUT2D eigenvalue weighted by Crippen LogP contribution is 2.31. The van der Waals surface area contributed by atoms with Gasteiger partial charge < -0.3 is 10.6 Å². The van der Waals surface area contributed by atoms with Crippen LogP contribution >= 0.6 is 0 Å². The van der Waals surface area contributed by atoms with Gasteiger partial charge in [-0.05, 0) is 51.2 Å². The summed E-state index contributed by atoms with van der Waals surface area (Å²) in [6.07, 6.45) is 5.46. The third kappa shape index (κ3) is 1.94. The van der Waals surface area contributed by atoms with Crippen LogP contribution in [0.1, 0.15) is 25.7 Å². The lowest BCUT2D eigenvalue weighted by Crippen LogP contribution is -2.21. The Morgan fingerprint density at radius 2 is 1.91 bits per heavy atom. The van der Waals surface area contributed by atoms with Crippen molar-refractivity contribution in [3.8, 4) is 0 Å². The predicted octanol–water partition coefficient (Wildman–Crippen LogP) is 0.819. The standard InChI is InChI=1S/C9H18N2/c10-9-7-8(9)3-6-11-4-1-2-5-11/h8-9H,1-7,10H2. The summed E-state index contributed by atoms with van der Waals surface area (Å²) >= 11 is 0. The van der Waals surface area contributed by atoms with Gasteiger partial charge in [-0.3, -0.25) is 0 Å². The van der Waals surface area contributed by atoms with Crippen LogP contribution in [0.5, 0.6) is 0 Å². The molecule has 0 radical (unpaired) electrons. The summed E-state index contributed by atoms with van der Waals surface area (Å²) in [6.45, 7) is 3.97. The second-order valence-corrected chi connectivity index (χ2v) is 4.00. The van der Waals surface area contributed by atoms with Crippen LogP contribution in [0, 0.1) is 5.92 Å². The molecule has 2 atom stereocenters. The number of hydrogen-bond donors (Lipinski definition) is 1. The summed E-state index contributed by atoms with van der Waals surface area (Å²) < 4.78 is 0. The molecule has 0 aromatic heterocycles. The maximum absolute atomic E-state index is 5.73. The predicted molar refractivity (Wildman–Crippen MR) is 46.4 cm³/mol. The van der Waals surface area contributed by atoms with E-state index in [0.29, 0.717) is 6.04 Å². The largest absolute Gasteiger partial charge is 0.327 e. The van der Waals surface area contributed by atoms with Gasteiger partial charge in [0.05, 0.1) is 0 Å². The Morgan fingerprint density at radius 3 is 2.45 bits per heavy atom. The molecule has 2 aliphatic rings. The lowest BCUT2D eigenvalue weighted by Gasteiger charge is -2.13. The van der Waals surface area contributed by atoms with Crippen molar-refractivity contribution in [3.05, 3.63) is 0 Å². The topological polar surface area (TPSA) is 29.3 Å². The molecule has 2 N–H and O–H groups in total. The number of likely N-dealkylation sites (tertiary alicyclic amines) is 1. The summed E-state index contributed by atoms with van der Waals surface area (Å²) in [5.41, 5.74) is 5.73. The fourth-order valence-corrected chi connectivity index (χ4v) is 1.96. The SMILES string of the molecule is NC1CC1CCN1CCCC1. The van der Waals surface area contributed by atoms with Crippen molar-refractivity contribution in [2.24, 2.45) is 11.7 Å². The maximum Gasteiger partial charge on any atom is 0.00714 e. The number of hydrogen-bond acceptors (Lipinski definition) is 2. The second-order valence-electron chi connectivity index (χ2n) is 4.00. The zero-order valence-corrected chi connectivity index (χ0v) is 7.13. The van der Waals surface area contributed by atoms with Gasteiger partial charge in [0.15, 0.2) is 0 Å². The van der Waals surface area contributed by atoms with Crippen LogP contribution in [0.2, 0.25) is 0 Å². The molecule has 0 amide bonds. The first-order valence-electron chi connectivity index (χ1n) is 4.84. The molecule has 1 saturated carbocycles. The molecule has 64 valence electrons. The van der Waals surface area contributed by atoms with Crippen molar-refractivity contribution >= 4 is 0 Å². The van der Waals surface area contributed by atoms with Gasteiger partial charge in [0.2, 0.25) is 0 Å². The van der Waals surface area contributed by atoms with E-state index in [-0.39, 0.29) is 0 Å². The van der Waals surface area contributed by atoms with Crippen LogP contribution in [0.15, 0.2) is 0 Å². The van der Waals surface area contributed by atoms with Crippen LogP contribution < -0.4 is 5.73 Å². The van der Waals surface area contributed by atoms with Gasteiger partial charge in [0.1, 0.15) is 0 Å². The summed E-state index contributed by atoms with van der Waals surface area (Å²) in [5.74, 6) is 0.871. The molecule has 2 rings (SSSR count). The van der Waals surface area contributed by atoms with E-state index in [0.717, 1.165) is 5.92 Å². The van der Waals surface area contributed by atoms with Gasteiger partial charge >= 0.3 is 0 Å². The van der Waals surface area contributed by atoms with Crippen LogP contribution in [0.4, 0.5) is 0 Å². The average molecular weight is 154 g/mol. The first-order valence-corrected chi connectivity index (χ1v) is 4.84. The Bertz CT molecular complexity index is 130. The third-order valence-corrected chi connectivity index (χ3v) is 2.99. The van der Waals surface area contributed by atoms with Crippen molar-refractivity contribution in [2.45, 2.75) is 31.7 Å². The molecular weight excluding hydrogens is 136 g/mol. The third-order valence-electron chi connectivity index (χ3n) is 2.99. The van der Waals surface area contributed by atoms with E-state index in [1.807, 2.05) is 0 Å². The minimum absolute atomic E-state index is 0.553. The van der Waals surface area contributed by atoms with Gasteiger partial charge in [-0.1, -0.05) is 0 Å². The van der Waals surface area contributed by atoms with E-state index in [1.54, 1.807) is 0 Å². The van der Waals surface area contributed by atoms with E-state index < -0.39 is 0 Å². The molecule has 1 heterocycles. The minimum Gasteiger partial charge on any atom is -0.327 e. The molecule has 1 aliphatic carbocycles. The molecule has 0 spiro atoms. The lowest BCUT2D eigenvalue weighted by atomic mass is 10.3. The maximum atomic E-state index is 5.73. The number of nitrogens with two attached hydrogens (primary N) is 1. The molecule has 0 bridgehead atoms. The number of rotatable bonds is 3. The summed E-state index contributed by atoms with van der Waals surface area (Å²) in [4.78, 5) is 2.57. The Balaban J connectivity index is 1.59. The van der Waals surface area contributed by atoms with Crippen LogP contribution in [-0.2, 0) is 0 Å². The second kappa shape index (κ2) is 3.11. The van der Waals surface area contributed by atoms with Crippen molar-refractivity contribution in [3.63, 3.8) is 0 Å². The van der Waals surface area contributed by atoms with Crippen LogP contribution in [0.3, 0.4) is 0 Å². The molecule has 0 aromatic carbocycles. The van der Waals surface area contributed by atoms with E-state index in [4.69, 9.17) is 5.73 Å². The summed E-state index contributed by atoms with van der Waals surface area (Å²) in [5, 5.41) is 0. The van der Waals surface area contributed by atoms with E-state index in [2.05, 4.69) is 4.90 Å². The van der Waals surface area contributed by atoms with Gasteiger partial charge in [-0.15, -0.1) is 0 Å². The Kier molecular flexibility index (Phi) is 2.14. The van der Waals surface area contributed by atoms with Gasteiger partial charge in [-0.25, -0.2) is 0 Å². The Hall–Kier alpha value is -0.0800. The molecular formula is C9H18N2. The average Bonchev–Trinajstić information content (AvgIpc) is 2.55. The van der Waals surface area contributed by atoms with Crippen molar-refractivity contribution in [1.82, 2.24) is 4.90 Å². The highest BCUT2D eigenvalue weighted by atomic mass is 15.1. The number of nitrogens with zero attached hydrogens (tertiary/aromatic N) is 1. The summed E-state index contributed by atoms with van der Waals surface area (Å²) in [6, 6.07) is 0.553. The lowest BCUT2D eigenvalue weighted by molar-refractivity contribution is 0.325. The summed E-state index contributed by atoms with van der Waals surface area (Å²) in [7, 11) is 0. The van der Waals surface area contributed by atoms with E-state index >= 15 is 0 Å². The monoisotopic (exact) mass is 154 g/mol. The van der Waals surface area contributed by atoms with Gasteiger partial charge in [-0.2, -0.15) is 0 Å².